The van der Waals surface area contributed by atoms with Crippen molar-refractivity contribution in [1.29, 1.82) is 0 Å². The van der Waals surface area contributed by atoms with E-state index in [0.717, 1.165) is 89.9 Å². The first-order valence-corrected chi connectivity index (χ1v) is 21.8. The quantitative estimate of drug-likeness (QED) is 0.0204. The number of phosphoric acid groups is 1. The van der Waals surface area contributed by atoms with E-state index >= 15 is 0 Å². The molecule has 0 saturated heterocycles. The van der Waals surface area contributed by atoms with Crippen molar-refractivity contribution in [2.45, 2.75) is 161 Å². The number of quaternary nitrogens is 1. The number of carbonyl (C=O) groups excluding carboxylic acids is 2. The second kappa shape index (κ2) is 34.7. The largest absolute Gasteiger partial charge is 0.756 e. The van der Waals surface area contributed by atoms with Gasteiger partial charge in [0.15, 0.2) is 6.10 Å². The lowest BCUT2D eigenvalue weighted by atomic mass is 10.1. The Balaban J connectivity index is 4.46. The fourth-order valence-electron chi connectivity index (χ4n) is 5.04. The number of hydrogen-bond donors (Lipinski definition) is 0. The Labute approximate surface area is 318 Å². The van der Waals surface area contributed by atoms with Crippen molar-refractivity contribution in [1.82, 2.24) is 0 Å². The zero-order valence-corrected chi connectivity index (χ0v) is 34.6. The lowest BCUT2D eigenvalue weighted by molar-refractivity contribution is -0.870. The molecule has 10 heteroatoms. The van der Waals surface area contributed by atoms with Gasteiger partial charge in [-0.1, -0.05) is 127 Å². The van der Waals surface area contributed by atoms with Gasteiger partial charge in [0, 0.05) is 12.8 Å². The Morgan fingerprint density at radius 2 is 1.04 bits per heavy atom. The van der Waals surface area contributed by atoms with Gasteiger partial charge in [-0.2, -0.15) is 0 Å². The Morgan fingerprint density at radius 3 is 1.52 bits per heavy atom. The van der Waals surface area contributed by atoms with Gasteiger partial charge in [-0.25, -0.2) is 0 Å². The number of esters is 2. The normalized spacial score (nSPS) is 14.2. The molecule has 0 aliphatic carbocycles. The minimum atomic E-state index is -4.63. The van der Waals surface area contributed by atoms with E-state index in [2.05, 4.69) is 62.5 Å². The molecule has 0 aliphatic heterocycles. The van der Waals surface area contributed by atoms with Crippen LogP contribution in [0, 0.1) is 0 Å². The summed E-state index contributed by atoms with van der Waals surface area (Å²) in [5.41, 5.74) is 0. The summed E-state index contributed by atoms with van der Waals surface area (Å²) in [6.45, 7) is 4.09. The molecule has 0 radical (unpaired) electrons. The van der Waals surface area contributed by atoms with Crippen molar-refractivity contribution in [3.8, 4) is 0 Å². The summed E-state index contributed by atoms with van der Waals surface area (Å²) in [6.07, 6.45) is 38.4. The molecular formula is C42H76NO8P. The first-order valence-electron chi connectivity index (χ1n) is 20.3. The van der Waals surface area contributed by atoms with E-state index < -0.39 is 32.5 Å². The highest BCUT2D eigenvalue weighted by molar-refractivity contribution is 7.45. The number of ether oxygens (including phenoxy) is 2. The summed E-state index contributed by atoms with van der Waals surface area (Å²) >= 11 is 0. The van der Waals surface area contributed by atoms with Gasteiger partial charge in [0.2, 0.25) is 0 Å². The molecule has 0 N–H and O–H groups in total. The monoisotopic (exact) mass is 754 g/mol. The van der Waals surface area contributed by atoms with Crippen LogP contribution in [-0.4, -0.2) is 70.0 Å². The zero-order valence-electron chi connectivity index (χ0n) is 33.7. The van der Waals surface area contributed by atoms with E-state index in [1.54, 1.807) is 0 Å². The molecule has 0 fully saturated rings. The van der Waals surface area contributed by atoms with E-state index in [4.69, 9.17) is 18.5 Å². The Kier molecular flexibility index (Phi) is 33.4. The smallest absolute Gasteiger partial charge is 0.306 e. The molecule has 0 bridgehead atoms. The Morgan fingerprint density at radius 1 is 0.596 bits per heavy atom. The molecule has 0 aliphatic rings. The van der Waals surface area contributed by atoms with Gasteiger partial charge >= 0.3 is 11.9 Å². The Hall–Kier alpha value is -2.03. The average Bonchev–Trinajstić information content (AvgIpc) is 3.09. The summed E-state index contributed by atoms with van der Waals surface area (Å²) in [5.74, 6) is -0.872. The highest BCUT2D eigenvalue weighted by atomic mass is 31.2. The molecule has 0 rings (SSSR count). The number of allylic oxidation sites excluding steroid dienone is 8. The highest BCUT2D eigenvalue weighted by Gasteiger charge is 2.21. The molecule has 0 amide bonds. The van der Waals surface area contributed by atoms with Gasteiger partial charge in [-0.05, 0) is 64.2 Å². The molecule has 0 aromatic heterocycles. The van der Waals surface area contributed by atoms with E-state index in [1.807, 2.05) is 21.1 Å². The first kappa shape index (κ1) is 50.0. The summed E-state index contributed by atoms with van der Waals surface area (Å²) in [4.78, 5) is 37.4. The van der Waals surface area contributed by atoms with Crippen molar-refractivity contribution in [3.05, 3.63) is 48.6 Å². The molecular weight excluding hydrogens is 677 g/mol. The molecule has 2 unspecified atom stereocenters. The van der Waals surface area contributed by atoms with Gasteiger partial charge in [0.1, 0.15) is 19.8 Å². The van der Waals surface area contributed by atoms with Crippen LogP contribution in [0.1, 0.15) is 155 Å². The van der Waals surface area contributed by atoms with Crippen LogP contribution in [0.3, 0.4) is 0 Å². The first-order chi connectivity index (χ1) is 25.0. The van der Waals surface area contributed by atoms with E-state index in [9.17, 15) is 19.0 Å². The maximum Gasteiger partial charge on any atom is 0.306 e. The Bertz CT molecular complexity index is 1030. The number of hydrogen-bond acceptors (Lipinski definition) is 8. The number of nitrogens with zero attached hydrogens (tertiary/aromatic N) is 1. The molecule has 0 saturated carbocycles. The van der Waals surface area contributed by atoms with Crippen molar-refractivity contribution >= 4 is 19.8 Å². The molecule has 52 heavy (non-hydrogen) atoms. The maximum absolute atomic E-state index is 12.6. The summed E-state index contributed by atoms with van der Waals surface area (Å²) in [6, 6.07) is 0. The van der Waals surface area contributed by atoms with Gasteiger partial charge in [0.25, 0.3) is 7.82 Å². The summed E-state index contributed by atoms with van der Waals surface area (Å²) in [5, 5.41) is 0. The molecule has 9 nitrogen and oxygen atoms in total. The van der Waals surface area contributed by atoms with Gasteiger partial charge in [-0.15, -0.1) is 0 Å². The molecule has 302 valence electrons. The summed E-state index contributed by atoms with van der Waals surface area (Å²) < 4.78 is 33.8. The third-order valence-electron chi connectivity index (χ3n) is 8.32. The zero-order chi connectivity index (χ0) is 38.6. The fraction of sp³-hybridized carbons (Fsp3) is 0.762. The van der Waals surface area contributed by atoms with Crippen LogP contribution in [0.2, 0.25) is 0 Å². The predicted octanol–water partition coefficient (Wildman–Crippen LogP) is 10.5. The topological polar surface area (TPSA) is 111 Å². The van der Waals surface area contributed by atoms with Crippen molar-refractivity contribution in [2.75, 3.05) is 47.5 Å². The van der Waals surface area contributed by atoms with Crippen LogP contribution in [-0.2, 0) is 32.7 Å². The van der Waals surface area contributed by atoms with Crippen LogP contribution >= 0.6 is 7.82 Å². The van der Waals surface area contributed by atoms with E-state index in [-0.39, 0.29) is 26.1 Å². The lowest BCUT2D eigenvalue weighted by Crippen LogP contribution is -2.37. The summed E-state index contributed by atoms with van der Waals surface area (Å²) in [7, 11) is 1.14. The van der Waals surface area contributed by atoms with Crippen LogP contribution in [0.15, 0.2) is 48.6 Å². The molecule has 0 heterocycles. The van der Waals surface area contributed by atoms with Crippen LogP contribution in [0.25, 0.3) is 0 Å². The molecule has 0 spiro atoms. The van der Waals surface area contributed by atoms with Crippen LogP contribution in [0.4, 0.5) is 0 Å². The maximum atomic E-state index is 12.6. The third-order valence-corrected chi connectivity index (χ3v) is 9.29. The minimum absolute atomic E-state index is 0.0377. The highest BCUT2D eigenvalue weighted by Crippen LogP contribution is 2.38. The number of carbonyl (C=O) groups is 2. The minimum Gasteiger partial charge on any atom is -0.756 e. The van der Waals surface area contributed by atoms with Crippen LogP contribution in [0.5, 0.6) is 0 Å². The number of unbranched alkanes of at least 4 members (excludes halogenated alkanes) is 14. The second-order valence-corrected chi connectivity index (χ2v) is 16.1. The van der Waals surface area contributed by atoms with Crippen molar-refractivity contribution < 1.29 is 42.1 Å². The third kappa shape index (κ3) is 37.7. The fourth-order valence-corrected chi connectivity index (χ4v) is 5.77. The number of rotatable bonds is 36. The number of phosphoric ester groups is 1. The number of likely N-dealkylation sites (N-methyl/N-ethyl adjacent to an activating group) is 1. The van der Waals surface area contributed by atoms with Gasteiger partial charge in [0.05, 0.1) is 27.7 Å². The van der Waals surface area contributed by atoms with Crippen LogP contribution < -0.4 is 4.89 Å². The van der Waals surface area contributed by atoms with Gasteiger partial charge < -0.3 is 27.9 Å². The lowest BCUT2D eigenvalue weighted by Gasteiger charge is -2.28. The SMILES string of the molecule is CCCC/C=C\C/C=C\CCCCCCCC(=O)OCC(COP(=O)([O-])OCC[N+](C)(C)C)OC(=O)CCCCCCC/C=C\C/C=C\CCCC. The molecule has 0 aromatic carbocycles. The molecule has 0 aromatic rings. The van der Waals surface area contributed by atoms with Crippen molar-refractivity contribution in [3.63, 3.8) is 0 Å². The predicted molar refractivity (Wildman–Crippen MR) is 213 cm³/mol. The van der Waals surface area contributed by atoms with Gasteiger partial charge in [-0.3, -0.25) is 14.2 Å². The average molecular weight is 754 g/mol. The van der Waals surface area contributed by atoms with Crippen molar-refractivity contribution in [2.24, 2.45) is 0 Å². The standard InChI is InChI=1S/C42H76NO8P/c1-6-8-10-12-14-16-18-20-22-24-26-28-30-32-34-41(44)48-38-40(39-50-52(46,47)49-37-36-43(3,4)5)51-42(45)35-33-31-29-27-25-23-21-19-17-15-13-11-9-7-2/h12-15,18-21,40H,6-11,16-17,22-39H2,1-5H3/b14-12-,15-13-,20-18-,21-19-. The van der Waals surface area contributed by atoms with E-state index in [0.29, 0.717) is 23.9 Å². The molecule has 2 atom stereocenters. The van der Waals surface area contributed by atoms with E-state index in [1.165, 1.54) is 25.7 Å². The second-order valence-electron chi connectivity index (χ2n) is 14.6.